The van der Waals surface area contributed by atoms with Crippen molar-refractivity contribution < 1.29 is 9.36 Å². The van der Waals surface area contributed by atoms with E-state index in [2.05, 4.69) is 18.2 Å². The maximum Gasteiger partial charge on any atom is 0.156 e. The summed E-state index contributed by atoms with van der Waals surface area (Å²) in [7, 11) is 0.0616. The predicted molar refractivity (Wildman–Crippen MR) is 59.7 cm³/mol. The van der Waals surface area contributed by atoms with Crippen molar-refractivity contribution in [2.24, 2.45) is 0 Å². The molecule has 1 aromatic carbocycles. The van der Waals surface area contributed by atoms with Gasteiger partial charge in [-0.05, 0) is 24.5 Å². The first-order valence-corrected chi connectivity index (χ1v) is 6.13. The second-order valence-corrected chi connectivity index (χ2v) is 4.66. The standard InChI is InChI=1S/C12H13O2P/c1-8-2-3-9-4-5-12(13)11(7-15-14)10(9)6-8/h2-3,6,11H,4-5,7H2,1H3. The molecule has 2 rings (SSSR count). The Balaban J connectivity index is 2.45. The van der Waals surface area contributed by atoms with Crippen LogP contribution < -0.4 is 0 Å². The Kier molecular flexibility index (Phi) is 2.97. The molecule has 0 N–H and O–H groups in total. The highest BCUT2D eigenvalue weighted by Crippen LogP contribution is 2.31. The van der Waals surface area contributed by atoms with E-state index in [1.165, 1.54) is 5.56 Å². The fourth-order valence-electron chi connectivity index (χ4n) is 2.15. The van der Waals surface area contributed by atoms with Gasteiger partial charge in [0.2, 0.25) is 0 Å². The van der Waals surface area contributed by atoms with Gasteiger partial charge in [-0.3, -0.25) is 9.36 Å². The molecule has 78 valence electrons. The van der Waals surface area contributed by atoms with Crippen LogP contribution in [-0.2, 0) is 15.8 Å². The van der Waals surface area contributed by atoms with E-state index in [-0.39, 0.29) is 20.2 Å². The fraction of sp³-hybridized carbons (Fsp3) is 0.417. The van der Waals surface area contributed by atoms with Crippen molar-refractivity contribution in [3.05, 3.63) is 34.9 Å². The molecule has 1 aromatic rings. The Bertz CT molecular complexity index is 412. The van der Waals surface area contributed by atoms with E-state index in [1.807, 2.05) is 6.92 Å². The van der Waals surface area contributed by atoms with E-state index < -0.39 is 0 Å². The molecule has 2 nitrogen and oxygen atoms in total. The molecule has 0 radical (unpaired) electrons. The van der Waals surface area contributed by atoms with E-state index in [9.17, 15) is 9.36 Å². The van der Waals surface area contributed by atoms with Crippen LogP contribution in [0.25, 0.3) is 0 Å². The summed E-state index contributed by atoms with van der Waals surface area (Å²) in [5, 5.41) is 0. The van der Waals surface area contributed by atoms with Gasteiger partial charge in [0, 0.05) is 12.6 Å². The number of hydrogen-bond acceptors (Lipinski definition) is 2. The number of aryl methyl sites for hydroxylation is 2. The summed E-state index contributed by atoms with van der Waals surface area (Å²) in [4.78, 5) is 11.7. The molecular weight excluding hydrogens is 207 g/mol. The first-order valence-electron chi connectivity index (χ1n) is 5.13. The number of fused-ring (bicyclic) bond motifs is 1. The summed E-state index contributed by atoms with van der Waals surface area (Å²) in [6, 6.07) is 6.22. The zero-order valence-corrected chi connectivity index (χ0v) is 9.59. The number of carbonyl (C=O) groups is 1. The first-order chi connectivity index (χ1) is 7.22. The number of hydrogen-bond donors (Lipinski definition) is 0. The van der Waals surface area contributed by atoms with E-state index in [0.717, 1.165) is 17.5 Å². The summed E-state index contributed by atoms with van der Waals surface area (Å²) in [6.45, 7) is 2.02. The van der Waals surface area contributed by atoms with Crippen LogP contribution in [0.3, 0.4) is 0 Å². The van der Waals surface area contributed by atoms with Crippen LogP contribution in [0.5, 0.6) is 0 Å². The minimum absolute atomic E-state index is 0.0616. The van der Waals surface area contributed by atoms with Gasteiger partial charge < -0.3 is 0 Å². The van der Waals surface area contributed by atoms with Crippen LogP contribution in [0, 0.1) is 6.92 Å². The molecule has 15 heavy (non-hydrogen) atoms. The van der Waals surface area contributed by atoms with Crippen LogP contribution in [-0.4, -0.2) is 11.9 Å². The van der Waals surface area contributed by atoms with Crippen molar-refractivity contribution in [1.29, 1.82) is 0 Å². The van der Waals surface area contributed by atoms with Crippen molar-refractivity contribution in [3.63, 3.8) is 0 Å². The molecule has 0 saturated carbocycles. The monoisotopic (exact) mass is 220 g/mol. The van der Waals surface area contributed by atoms with Crippen LogP contribution in [0.1, 0.15) is 29.0 Å². The van der Waals surface area contributed by atoms with E-state index in [4.69, 9.17) is 0 Å². The maximum atomic E-state index is 11.7. The Morgan fingerprint density at radius 2 is 2.20 bits per heavy atom. The van der Waals surface area contributed by atoms with Gasteiger partial charge in [-0.15, -0.1) is 0 Å². The third kappa shape index (κ3) is 2.00. The molecule has 1 aliphatic carbocycles. The summed E-state index contributed by atoms with van der Waals surface area (Å²) < 4.78 is 10.7. The van der Waals surface area contributed by atoms with Crippen LogP contribution in [0.15, 0.2) is 18.2 Å². The first kappa shape index (κ1) is 10.5. The van der Waals surface area contributed by atoms with Gasteiger partial charge in [-0.1, -0.05) is 23.8 Å². The van der Waals surface area contributed by atoms with E-state index >= 15 is 0 Å². The van der Waals surface area contributed by atoms with Gasteiger partial charge in [-0.25, -0.2) is 0 Å². The molecule has 0 bridgehead atoms. The van der Waals surface area contributed by atoms with Gasteiger partial charge in [-0.2, -0.15) is 0 Å². The van der Waals surface area contributed by atoms with Gasteiger partial charge in [0.1, 0.15) is 5.78 Å². The van der Waals surface area contributed by atoms with E-state index in [0.29, 0.717) is 12.6 Å². The second kappa shape index (κ2) is 4.24. The SMILES string of the molecule is Cc1ccc2c(c1)C(CP=O)C(=O)CC2. The van der Waals surface area contributed by atoms with Crippen molar-refractivity contribution in [3.8, 4) is 0 Å². The molecule has 1 atom stereocenters. The Morgan fingerprint density at radius 3 is 2.93 bits per heavy atom. The number of ketones is 1. The highest BCUT2D eigenvalue weighted by molar-refractivity contribution is 7.23. The molecule has 0 spiro atoms. The molecule has 0 heterocycles. The summed E-state index contributed by atoms with van der Waals surface area (Å²) in [5.41, 5.74) is 3.50. The number of rotatable bonds is 2. The highest BCUT2D eigenvalue weighted by Gasteiger charge is 2.27. The molecule has 0 amide bonds. The topological polar surface area (TPSA) is 34.1 Å². The molecule has 0 saturated heterocycles. The third-order valence-electron chi connectivity index (χ3n) is 2.96. The molecule has 1 aliphatic rings. The number of benzene rings is 1. The van der Waals surface area contributed by atoms with Gasteiger partial charge in [0.25, 0.3) is 0 Å². The highest BCUT2D eigenvalue weighted by atomic mass is 31.1. The Morgan fingerprint density at radius 1 is 1.40 bits per heavy atom. The van der Waals surface area contributed by atoms with Crippen LogP contribution in [0.2, 0.25) is 0 Å². The van der Waals surface area contributed by atoms with Gasteiger partial charge in [0.15, 0.2) is 8.46 Å². The van der Waals surface area contributed by atoms with Gasteiger partial charge in [0.05, 0.1) is 5.92 Å². The summed E-state index contributed by atoms with van der Waals surface area (Å²) in [5.74, 6) is 0.0873. The normalized spacial score (nSPS) is 20.3. The van der Waals surface area contributed by atoms with Crippen LogP contribution in [0.4, 0.5) is 0 Å². The average Bonchev–Trinajstić information content (AvgIpc) is 2.23. The number of carbonyl (C=O) groups excluding carboxylic acids is 1. The second-order valence-electron chi connectivity index (χ2n) is 4.03. The van der Waals surface area contributed by atoms with Crippen molar-refractivity contribution in [1.82, 2.24) is 0 Å². The van der Waals surface area contributed by atoms with Crippen molar-refractivity contribution in [2.75, 3.05) is 6.16 Å². The third-order valence-corrected chi connectivity index (χ3v) is 3.48. The smallest absolute Gasteiger partial charge is 0.156 e. The van der Waals surface area contributed by atoms with Crippen LogP contribution >= 0.6 is 8.46 Å². The molecule has 3 heteroatoms. The van der Waals surface area contributed by atoms with Crippen molar-refractivity contribution in [2.45, 2.75) is 25.7 Å². The quantitative estimate of drug-likeness (QED) is 0.718. The lowest BCUT2D eigenvalue weighted by Crippen LogP contribution is -2.21. The predicted octanol–water partition coefficient (Wildman–Crippen LogP) is 2.89. The zero-order chi connectivity index (χ0) is 10.8. The Labute approximate surface area is 90.9 Å². The van der Waals surface area contributed by atoms with Gasteiger partial charge >= 0.3 is 0 Å². The molecule has 1 unspecified atom stereocenters. The maximum absolute atomic E-state index is 11.7. The molecule has 0 fully saturated rings. The molecular formula is C12H13O2P. The molecule has 0 aromatic heterocycles. The largest absolute Gasteiger partial charge is 0.299 e. The Hall–Kier alpha value is -1.01. The van der Waals surface area contributed by atoms with E-state index in [1.54, 1.807) is 0 Å². The lowest BCUT2D eigenvalue weighted by atomic mass is 9.82. The zero-order valence-electron chi connectivity index (χ0n) is 8.69. The molecule has 0 aliphatic heterocycles. The average molecular weight is 220 g/mol. The summed E-state index contributed by atoms with van der Waals surface area (Å²) >= 11 is 0. The lowest BCUT2D eigenvalue weighted by molar-refractivity contribution is -0.120. The minimum Gasteiger partial charge on any atom is -0.299 e. The summed E-state index contributed by atoms with van der Waals surface area (Å²) in [6.07, 6.45) is 1.85. The number of Topliss-reactive ketones (excluding diaryl/α,β-unsaturated/α-hetero) is 1. The lowest BCUT2D eigenvalue weighted by Gasteiger charge is -2.22. The van der Waals surface area contributed by atoms with Crippen molar-refractivity contribution >= 4 is 14.2 Å². The minimum atomic E-state index is -0.146. The fourth-order valence-corrected chi connectivity index (χ4v) is 2.70.